The Balaban J connectivity index is 2.95. The van der Waals surface area contributed by atoms with Crippen LogP contribution in [0.25, 0.3) is 0 Å². The Kier molecular flexibility index (Phi) is 3.94. The molecule has 78 valence electrons. The number of ether oxygens (including phenoxy) is 1. The minimum absolute atomic E-state index is 0.390. The summed E-state index contributed by atoms with van der Waals surface area (Å²) in [5.41, 5.74) is 2.08. The van der Waals surface area contributed by atoms with Crippen molar-refractivity contribution >= 4 is 34.8 Å². The van der Waals surface area contributed by atoms with E-state index in [0.717, 1.165) is 16.9 Å². The standard InChI is InChI=1S/C10H11Cl3O/c1-7-3-4-9(14-2)5-8(7)6-10(11,12)13/h3-5H,6H2,1-2H3. The van der Waals surface area contributed by atoms with Gasteiger partial charge in [-0.15, -0.1) is 0 Å². The fourth-order valence-electron chi connectivity index (χ4n) is 1.18. The van der Waals surface area contributed by atoms with Crippen molar-refractivity contribution < 1.29 is 4.74 Å². The van der Waals surface area contributed by atoms with Crippen molar-refractivity contribution in [1.29, 1.82) is 0 Å². The zero-order valence-corrected chi connectivity index (χ0v) is 10.2. The van der Waals surface area contributed by atoms with Gasteiger partial charge in [0.25, 0.3) is 0 Å². The number of alkyl halides is 3. The SMILES string of the molecule is COc1ccc(C)c(CC(Cl)(Cl)Cl)c1. The fraction of sp³-hybridized carbons (Fsp3) is 0.400. The number of benzene rings is 1. The van der Waals surface area contributed by atoms with E-state index in [2.05, 4.69) is 0 Å². The maximum absolute atomic E-state index is 5.73. The second kappa shape index (κ2) is 4.61. The average Bonchev–Trinajstić information content (AvgIpc) is 2.06. The van der Waals surface area contributed by atoms with Gasteiger partial charge in [0.2, 0.25) is 0 Å². The summed E-state index contributed by atoms with van der Waals surface area (Å²) < 4.78 is 3.84. The van der Waals surface area contributed by atoms with Crippen LogP contribution in [0.5, 0.6) is 5.75 Å². The molecule has 0 fully saturated rings. The lowest BCUT2D eigenvalue weighted by atomic mass is 10.1. The summed E-state index contributed by atoms with van der Waals surface area (Å²) in [6.07, 6.45) is 0.390. The fourth-order valence-corrected chi connectivity index (χ4v) is 1.61. The molecule has 4 heteroatoms. The molecule has 0 saturated heterocycles. The van der Waals surface area contributed by atoms with Gasteiger partial charge in [-0.1, -0.05) is 40.9 Å². The number of methoxy groups -OCH3 is 1. The van der Waals surface area contributed by atoms with Gasteiger partial charge < -0.3 is 4.74 Å². The molecular weight excluding hydrogens is 242 g/mol. The first-order valence-electron chi connectivity index (χ1n) is 4.12. The van der Waals surface area contributed by atoms with E-state index in [4.69, 9.17) is 39.5 Å². The lowest BCUT2D eigenvalue weighted by molar-refractivity contribution is 0.414. The van der Waals surface area contributed by atoms with E-state index < -0.39 is 3.79 Å². The predicted molar refractivity (Wildman–Crippen MR) is 61.7 cm³/mol. The van der Waals surface area contributed by atoms with Crippen molar-refractivity contribution in [3.63, 3.8) is 0 Å². The van der Waals surface area contributed by atoms with Gasteiger partial charge in [-0.2, -0.15) is 0 Å². The molecule has 0 amide bonds. The highest BCUT2D eigenvalue weighted by atomic mass is 35.6. The molecule has 0 N–H and O–H groups in total. The van der Waals surface area contributed by atoms with Gasteiger partial charge in [0, 0.05) is 6.42 Å². The monoisotopic (exact) mass is 252 g/mol. The number of rotatable bonds is 2. The summed E-state index contributed by atoms with van der Waals surface area (Å²) >= 11 is 17.2. The highest BCUT2D eigenvalue weighted by Crippen LogP contribution is 2.32. The van der Waals surface area contributed by atoms with Crippen LogP contribution in [-0.2, 0) is 6.42 Å². The third kappa shape index (κ3) is 3.56. The first-order chi connectivity index (χ1) is 6.42. The molecule has 1 rings (SSSR count). The lowest BCUT2D eigenvalue weighted by Crippen LogP contribution is -2.08. The van der Waals surface area contributed by atoms with Crippen LogP contribution in [0.15, 0.2) is 18.2 Å². The quantitative estimate of drug-likeness (QED) is 0.726. The molecule has 1 nitrogen and oxygen atoms in total. The molecule has 0 aliphatic heterocycles. The summed E-state index contributed by atoms with van der Waals surface area (Å²) in [6.45, 7) is 1.98. The van der Waals surface area contributed by atoms with E-state index in [1.807, 2.05) is 25.1 Å². The van der Waals surface area contributed by atoms with Crippen molar-refractivity contribution in [2.75, 3.05) is 7.11 Å². The molecule has 14 heavy (non-hydrogen) atoms. The minimum Gasteiger partial charge on any atom is -0.497 e. The van der Waals surface area contributed by atoms with Gasteiger partial charge in [-0.05, 0) is 30.2 Å². The maximum atomic E-state index is 5.73. The zero-order chi connectivity index (χ0) is 10.8. The third-order valence-electron chi connectivity index (χ3n) is 1.95. The van der Waals surface area contributed by atoms with E-state index >= 15 is 0 Å². The van der Waals surface area contributed by atoms with Crippen molar-refractivity contribution in [3.05, 3.63) is 29.3 Å². The van der Waals surface area contributed by atoms with E-state index in [0.29, 0.717) is 6.42 Å². The first-order valence-corrected chi connectivity index (χ1v) is 5.26. The highest BCUT2D eigenvalue weighted by Gasteiger charge is 2.21. The molecule has 1 aromatic rings. The molecule has 0 aliphatic rings. The predicted octanol–water partition coefficient (Wildman–Crippen LogP) is 3.92. The molecule has 0 saturated carbocycles. The summed E-state index contributed by atoms with van der Waals surface area (Å²) in [5.74, 6) is 0.778. The van der Waals surface area contributed by atoms with Crippen LogP contribution in [0.2, 0.25) is 0 Å². The molecular formula is C10H11Cl3O. The van der Waals surface area contributed by atoms with Crippen LogP contribution in [0.1, 0.15) is 11.1 Å². The number of halogens is 3. The van der Waals surface area contributed by atoms with Crippen LogP contribution < -0.4 is 4.74 Å². The van der Waals surface area contributed by atoms with Gasteiger partial charge in [-0.3, -0.25) is 0 Å². The van der Waals surface area contributed by atoms with Crippen LogP contribution in [0.3, 0.4) is 0 Å². The summed E-state index contributed by atoms with van der Waals surface area (Å²) in [4.78, 5) is 0. The van der Waals surface area contributed by atoms with Gasteiger partial charge >= 0.3 is 0 Å². The molecule has 0 spiro atoms. The van der Waals surface area contributed by atoms with Crippen molar-refractivity contribution in [2.45, 2.75) is 17.1 Å². The van der Waals surface area contributed by atoms with Crippen LogP contribution >= 0.6 is 34.8 Å². The second-order valence-corrected chi connectivity index (χ2v) is 5.60. The Labute approximate surface area is 98.9 Å². The minimum atomic E-state index is -1.25. The Morgan fingerprint density at radius 3 is 2.43 bits per heavy atom. The smallest absolute Gasteiger partial charge is 0.194 e. The maximum Gasteiger partial charge on any atom is 0.194 e. The lowest BCUT2D eigenvalue weighted by Gasteiger charge is -2.13. The molecule has 0 radical (unpaired) electrons. The van der Waals surface area contributed by atoms with Crippen molar-refractivity contribution in [1.82, 2.24) is 0 Å². The highest BCUT2D eigenvalue weighted by molar-refractivity contribution is 6.67. The Morgan fingerprint density at radius 1 is 1.29 bits per heavy atom. The molecule has 0 heterocycles. The van der Waals surface area contributed by atoms with E-state index in [9.17, 15) is 0 Å². The van der Waals surface area contributed by atoms with Gasteiger partial charge in [0.1, 0.15) is 5.75 Å². The third-order valence-corrected chi connectivity index (χ3v) is 2.35. The molecule has 0 atom stereocenters. The molecule has 1 aromatic carbocycles. The van der Waals surface area contributed by atoms with Crippen molar-refractivity contribution in [2.24, 2.45) is 0 Å². The van der Waals surface area contributed by atoms with Gasteiger partial charge in [0.05, 0.1) is 7.11 Å². The van der Waals surface area contributed by atoms with Crippen LogP contribution in [0, 0.1) is 6.92 Å². The van der Waals surface area contributed by atoms with Crippen LogP contribution in [0.4, 0.5) is 0 Å². The molecule has 0 aromatic heterocycles. The van der Waals surface area contributed by atoms with E-state index in [1.54, 1.807) is 7.11 Å². The van der Waals surface area contributed by atoms with Gasteiger partial charge in [0.15, 0.2) is 3.79 Å². The normalized spacial score (nSPS) is 11.5. The molecule has 0 aliphatic carbocycles. The summed E-state index contributed by atoms with van der Waals surface area (Å²) in [7, 11) is 1.61. The van der Waals surface area contributed by atoms with Gasteiger partial charge in [-0.25, -0.2) is 0 Å². The topological polar surface area (TPSA) is 9.23 Å². The second-order valence-electron chi connectivity index (χ2n) is 3.08. The summed E-state index contributed by atoms with van der Waals surface area (Å²) in [5, 5.41) is 0. The van der Waals surface area contributed by atoms with Crippen LogP contribution in [-0.4, -0.2) is 10.9 Å². The van der Waals surface area contributed by atoms with Crippen molar-refractivity contribution in [3.8, 4) is 5.75 Å². The molecule has 0 unspecified atom stereocenters. The average molecular weight is 254 g/mol. The van der Waals surface area contributed by atoms with E-state index in [1.165, 1.54) is 0 Å². The largest absolute Gasteiger partial charge is 0.497 e. The molecule has 0 bridgehead atoms. The first kappa shape index (κ1) is 12.0. The Bertz CT molecular complexity index is 318. The Hall–Kier alpha value is -0.110. The van der Waals surface area contributed by atoms with E-state index in [-0.39, 0.29) is 0 Å². The number of aryl methyl sites for hydroxylation is 1. The Morgan fingerprint density at radius 2 is 1.93 bits per heavy atom. The number of hydrogen-bond acceptors (Lipinski definition) is 1. The summed E-state index contributed by atoms with van der Waals surface area (Å²) in [6, 6.07) is 5.72. The number of hydrogen-bond donors (Lipinski definition) is 0. The zero-order valence-electron chi connectivity index (χ0n) is 7.98.